The number of hydrogen-bond donors (Lipinski definition) is 1. The fourth-order valence-corrected chi connectivity index (χ4v) is 6.37. The van der Waals surface area contributed by atoms with Gasteiger partial charge in [0, 0.05) is 42.5 Å². The Morgan fingerprint density at radius 2 is 2.14 bits per heavy atom. The highest BCUT2D eigenvalue weighted by molar-refractivity contribution is 7.10. The van der Waals surface area contributed by atoms with Gasteiger partial charge in [0.15, 0.2) is 0 Å². The van der Waals surface area contributed by atoms with Crippen LogP contribution in [0.1, 0.15) is 65.8 Å². The molecule has 2 aromatic rings. The van der Waals surface area contributed by atoms with Gasteiger partial charge in [0.05, 0.1) is 12.3 Å². The van der Waals surface area contributed by atoms with E-state index in [1.54, 1.807) is 17.4 Å². The lowest BCUT2D eigenvalue weighted by Crippen LogP contribution is -2.48. The molecular formula is C27H31N3O4S. The van der Waals surface area contributed by atoms with Crippen LogP contribution in [-0.4, -0.2) is 39.8 Å². The van der Waals surface area contributed by atoms with Crippen molar-refractivity contribution in [2.45, 2.75) is 70.6 Å². The van der Waals surface area contributed by atoms with E-state index in [9.17, 15) is 14.4 Å². The highest BCUT2D eigenvalue weighted by atomic mass is 32.1. The molecule has 1 saturated heterocycles. The lowest BCUT2D eigenvalue weighted by Gasteiger charge is -2.39. The molecule has 2 aromatic heterocycles. The molecule has 1 spiro atoms. The molecule has 7 nitrogen and oxygen atoms in total. The van der Waals surface area contributed by atoms with Crippen molar-refractivity contribution in [1.29, 1.82) is 0 Å². The van der Waals surface area contributed by atoms with Gasteiger partial charge in [-0.1, -0.05) is 12.5 Å². The van der Waals surface area contributed by atoms with Crippen LogP contribution in [0.3, 0.4) is 0 Å². The number of aryl methyl sites for hydroxylation is 1. The Hall–Kier alpha value is -3.00. The standard InChI is InChI=1S/C27H31N3O4S/c1-18-22(16-29-24(31)8-7-20-6-5-13-35-20)21-9-12-30(17-19(21)15-28-18)26(33)23-14-25(32)34-27(23)10-3-2-4-11-27/h5-8,13,15,23H,2-4,9-12,14,16-17H2,1H3,(H,29,31)/b8-7+. The van der Waals surface area contributed by atoms with Crippen LogP contribution in [0.5, 0.6) is 0 Å². The fraction of sp³-hybridized carbons (Fsp3) is 0.481. The van der Waals surface area contributed by atoms with E-state index < -0.39 is 5.60 Å². The maximum absolute atomic E-state index is 13.6. The van der Waals surface area contributed by atoms with Crippen LogP contribution in [0, 0.1) is 12.8 Å². The predicted octanol–water partition coefficient (Wildman–Crippen LogP) is 3.93. The van der Waals surface area contributed by atoms with Gasteiger partial charge in [-0.05, 0) is 73.2 Å². The third kappa shape index (κ3) is 4.89. The maximum Gasteiger partial charge on any atom is 0.307 e. The van der Waals surface area contributed by atoms with Gasteiger partial charge in [-0.15, -0.1) is 11.3 Å². The number of esters is 1. The van der Waals surface area contributed by atoms with E-state index in [4.69, 9.17) is 4.74 Å². The highest BCUT2D eigenvalue weighted by Gasteiger charge is 2.54. The molecule has 1 N–H and O–H groups in total. The van der Waals surface area contributed by atoms with Gasteiger partial charge in [-0.3, -0.25) is 19.4 Å². The summed E-state index contributed by atoms with van der Waals surface area (Å²) in [6.07, 6.45) is 10.8. The molecule has 4 heterocycles. The molecule has 35 heavy (non-hydrogen) atoms. The van der Waals surface area contributed by atoms with Gasteiger partial charge in [-0.2, -0.15) is 0 Å². The Bertz CT molecular complexity index is 1150. The zero-order chi connectivity index (χ0) is 24.4. The third-order valence-electron chi connectivity index (χ3n) is 7.61. The molecule has 1 aliphatic carbocycles. The highest BCUT2D eigenvalue weighted by Crippen LogP contribution is 2.45. The Balaban J connectivity index is 1.27. The second-order valence-corrected chi connectivity index (χ2v) is 10.7. The summed E-state index contributed by atoms with van der Waals surface area (Å²) in [5, 5.41) is 4.95. The summed E-state index contributed by atoms with van der Waals surface area (Å²) < 4.78 is 5.77. The quantitative estimate of drug-likeness (QED) is 0.504. The molecule has 0 radical (unpaired) electrons. The topological polar surface area (TPSA) is 88.6 Å². The summed E-state index contributed by atoms with van der Waals surface area (Å²) in [6, 6.07) is 3.92. The Morgan fingerprint density at radius 3 is 2.91 bits per heavy atom. The number of nitrogens with zero attached hydrogens (tertiary/aromatic N) is 2. The number of aromatic nitrogens is 1. The van der Waals surface area contributed by atoms with Crippen LogP contribution >= 0.6 is 11.3 Å². The van der Waals surface area contributed by atoms with Crippen LogP contribution in [0.2, 0.25) is 0 Å². The van der Waals surface area contributed by atoms with Crippen LogP contribution in [0.25, 0.3) is 6.08 Å². The number of ether oxygens (including phenoxy) is 1. The van der Waals surface area contributed by atoms with Crippen molar-refractivity contribution in [2.75, 3.05) is 6.54 Å². The molecule has 5 rings (SSSR count). The maximum atomic E-state index is 13.6. The monoisotopic (exact) mass is 493 g/mol. The molecule has 2 fully saturated rings. The molecule has 0 aromatic carbocycles. The number of carbonyl (C=O) groups excluding carboxylic acids is 3. The van der Waals surface area contributed by atoms with Crippen LogP contribution in [0.4, 0.5) is 0 Å². The predicted molar refractivity (Wildman–Crippen MR) is 133 cm³/mol. The van der Waals surface area contributed by atoms with Gasteiger partial charge in [0.1, 0.15) is 5.60 Å². The minimum absolute atomic E-state index is 0.0255. The molecule has 1 saturated carbocycles. The zero-order valence-electron chi connectivity index (χ0n) is 20.0. The van der Waals surface area contributed by atoms with Crippen molar-refractivity contribution in [3.05, 3.63) is 57.0 Å². The van der Waals surface area contributed by atoms with E-state index in [1.165, 1.54) is 0 Å². The number of pyridine rings is 1. The van der Waals surface area contributed by atoms with Crippen LogP contribution in [0.15, 0.2) is 29.8 Å². The smallest absolute Gasteiger partial charge is 0.307 e. The number of fused-ring (bicyclic) bond motifs is 1. The molecule has 184 valence electrons. The molecule has 8 heteroatoms. The Labute approximate surface area is 209 Å². The third-order valence-corrected chi connectivity index (χ3v) is 8.45. The molecule has 0 bridgehead atoms. The fourth-order valence-electron chi connectivity index (χ4n) is 5.75. The van der Waals surface area contributed by atoms with E-state index in [0.29, 0.717) is 26.1 Å². The summed E-state index contributed by atoms with van der Waals surface area (Å²) in [5.74, 6) is -0.750. The van der Waals surface area contributed by atoms with E-state index >= 15 is 0 Å². The average Bonchev–Trinajstić information content (AvgIpc) is 3.49. The van der Waals surface area contributed by atoms with Crippen LogP contribution in [-0.2, 0) is 38.6 Å². The zero-order valence-corrected chi connectivity index (χ0v) is 20.9. The van der Waals surface area contributed by atoms with Crippen molar-refractivity contribution < 1.29 is 19.1 Å². The number of rotatable bonds is 5. The van der Waals surface area contributed by atoms with Crippen molar-refractivity contribution in [2.24, 2.45) is 5.92 Å². The Kier molecular flexibility index (Phi) is 6.73. The van der Waals surface area contributed by atoms with E-state index in [0.717, 1.165) is 59.4 Å². The minimum atomic E-state index is -0.607. The first kappa shape index (κ1) is 23.7. The van der Waals surface area contributed by atoms with Crippen molar-refractivity contribution in [3.63, 3.8) is 0 Å². The molecule has 1 unspecified atom stereocenters. The second-order valence-electron chi connectivity index (χ2n) is 9.76. The minimum Gasteiger partial charge on any atom is -0.458 e. The number of hydrogen-bond acceptors (Lipinski definition) is 6. The van der Waals surface area contributed by atoms with E-state index in [2.05, 4.69) is 10.3 Å². The van der Waals surface area contributed by atoms with Gasteiger partial charge < -0.3 is 15.0 Å². The average molecular weight is 494 g/mol. The van der Waals surface area contributed by atoms with Gasteiger partial charge in [0.2, 0.25) is 11.8 Å². The number of nitrogens with one attached hydrogen (secondary N) is 1. The van der Waals surface area contributed by atoms with Crippen molar-refractivity contribution in [3.8, 4) is 0 Å². The summed E-state index contributed by atoms with van der Waals surface area (Å²) in [6.45, 7) is 3.42. The number of amides is 2. The van der Waals surface area contributed by atoms with E-state index in [-0.39, 0.29) is 30.1 Å². The molecular weight excluding hydrogens is 462 g/mol. The first-order valence-electron chi connectivity index (χ1n) is 12.4. The first-order chi connectivity index (χ1) is 16.9. The second kappa shape index (κ2) is 9.93. The molecule has 1 atom stereocenters. The largest absolute Gasteiger partial charge is 0.458 e. The van der Waals surface area contributed by atoms with Gasteiger partial charge >= 0.3 is 5.97 Å². The summed E-state index contributed by atoms with van der Waals surface area (Å²) >= 11 is 1.58. The van der Waals surface area contributed by atoms with Gasteiger partial charge in [0.25, 0.3) is 0 Å². The van der Waals surface area contributed by atoms with Gasteiger partial charge in [-0.25, -0.2) is 0 Å². The molecule has 2 amide bonds. The lowest BCUT2D eigenvalue weighted by atomic mass is 9.75. The normalized spacial score (nSPS) is 21.2. The van der Waals surface area contributed by atoms with E-state index in [1.807, 2.05) is 41.6 Å². The first-order valence-corrected chi connectivity index (χ1v) is 13.3. The van der Waals surface area contributed by atoms with Crippen LogP contribution < -0.4 is 5.32 Å². The SMILES string of the molecule is Cc1ncc2c(c1CNC(=O)/C=C/c1cccs1)CCN(C(=O)C1CC(=O)OC13CCCCC3)C2. The number of carbonyl (C=O) groups is 3. The van der Waals surface area contributed by atoms with Crippen molar-refractivity contribution in [1.82, 2.24) is 15.2 Å². The molecule has 2 aliphatic heterocycles. The lowest BCUT2D eigenvalue weighted by molar-refractivity contribution is -0.156. The summed E-state index contributed by atoms with van der Waals surface area (Å²) in [7, 11) is 0. The summed E-state index contributed by atoms with van der Waals surface area (Å²) in [5.41, 5.74) is 3.48. The number of thiophene rings is 1. The van der Waals surface area contributed by atoms with Crippen molar-refractivity contribution >= 4 is 35.2 Å². The summed E-state index contributed by atoms with van der Waals surface area (Å²) in [4.78, 5) is 45.6. The molecule has 3 aliphatic rings. The Morgan fingerprint density at radius 1 is 1.31 bits per heavy atom.